The summed E-state index contributed by atoms with van der Waals surface area (Å²) in [6, 6.07) is 5.46. The number of nitrogens with zero attached hydrogens (tertiary/aromatic N) is 1. The van der Waals surface area contributed by atoms with Crippen LogP contribution in [-0.2, 0) is 4.74 Å². The minimum absolute atomic E-state index is 0.0436. The van der Waals surface area contributed by atoms with Gasteiger partial charge in [-0.05, 0) is 36.8 Å². The highest BCUT2D eigenvalue weighted by molar-refractivity contribution is 8.13. The fourth-order valence-electron chi connectivity index (χ4n) is 1.83. The second kappa shape index (κ2) is 8.83. The van der Waals surface area contributed by atoms with Gasteiger partial charge in [-0.2, -0.15) is 0 Å². The van der Waals surface area contributed by atoms with Crippen molar-refractivity contribution in [3.8, 4) is 0 Å². The van der Waals surface area contributed by atoms with Gasteiger partial charge in [0.1, 0.15) is 29.3 Å². The van der Waals surface area contributed by atoms with Crippen molar-refractivity contribution in [1.82, 2.24) is 10.6 Å². The Balaban J connectivity index is 1.81. The lowest BCUT2D eigenvalue weighted by Gasteiger charge is -2.17. The first-order valence-corrected chi connectivity index (χ1v) is 8.38. The summed E-state index contributed by atoms with van der Waals surface area (Å²) in [7, 11) is 0. The van der Waals surface area contributed by atoms with Crippen molar-refractivity contribution in [3.05, 3.63) is 47.6 Å². The number of nitrogens with one attached hydrogen (secondary N) is 2. The van der Waals surface area contributed by atoms with Crippen LogP contribution in [0.15, 0.2) is 41.2 Å². The van der Waals surface area contributed by atoms with E-state index in [1.165, 1.54) is 36.0 Å². The Morgan fingerprint density at radius 1 is 1.57 bits per heavy atom. The van der Waals surface area contributed by atoms with Gasteiger partial charge in [-0.25, -0.2) is 13.8 Å². The number of aliphatic imine (C=N–C) groups is 1. The largest absolute Gasteiger partial charge is 0.499 e. The van der Waals surface area contributed by atoms with E-state index in [1.54, 1.807) is 11.8 Å². The molecule has 1 aromatic rings. The minimum atomic E-state index is -1.35. The highest BCUT2D eigenvalue weighted by atomic mass is 32.2. The quantitative estimate of drug-likeness (QED) is 0.604. The summed E-state index contributed by atoms with van der Waals surface area (Å²) in [6.45, 7) is 2.39. The predicted octanol–water partition coefficient (Wildman–Crippen LogP) is 3.28. The molecule has 0 saturated heterocycles. The van der Waals surface area contributed by atoms with Gasteiger partial charge in [0.15, 0.2) is 5.11 Å². The van der Waals surface area contributed by atoms with Crippen LogP contribution < -0.4 is 10.6 Å². The van der Waals surface area contributed by atoms with Crippen LogP contribution in [0, 0.1) is 5.82 Å². The monoisotopic (exact) mass is 357 g/mol. The summed E-state index contributed by atoms with van der Waals surface area (Å²) < 4.78 is 32.3. The van der Waals surface area contributed by atoms with E-state index in [0.717, 1.165) is 0 Å². The topological polar surface area (TPSA) is 45.6 Å². The maximum atomic E-state index is 14.1. The van der Waals surface area contributed by atoms with Crippen molar-refractivity contribution in [3.63, 3.8) is 0 Å². The molecule has 2 atom stereocenters. The van der Waals surface area contributed by atoms with Crippen LogP contribution >= 0.6 is 24.0 Å². The number of benzene rings is 1. The minimum Gasteiger partial charge on any atom is -0.499 e. The van der Waals surface area contributed by atoms with Gasteiger partial charge in [-0.3, -0.25) is 0 Å². The van der Waals surface area contributed by atoms with Gasteiger partial charge >= 0.3 is 0 Å². The SMILES string of the molecule is CCO/C=C1/N=CSC1NC(=S)NCC(F)c1cccc(F)c1. The smallest absolute Gasteiger partial charge is 0.167 e. The second-order valence-electron chi connectivity index (χ2n) is 4.63. The van der Waals surface area contributed by atoms with Crippen molar-refractivity contribution in [1.29, 1.82) is 0 Å². The van der Waals surface area contributed by atoms with E-state index >= 15 is 0 Å². The van der Waals surface area contributed by atoms with E-state index < -0.39 is 12.0 Å². The highest BCUT2D eigenvalue weighted by Crippen LogP contribution is 2.23. The summed E-state index contributed by atoms with van der Waals surface area (Å²) in [5.41, 5.74) is 2.68. The van der Waals surface area contributed by atoms with Crippen molar-refractivity contribution < 1.29 is 13.5 Å². The summed E-state index contributed by atoms with van der Waals surface area (Å²) in [4.78, 5) is 4.17. The molecule has 124 valence electrons. The number of rotatable bonds is 6. The molecule has 0 aromatic heterocycles. The standard InChI is InChI=1S/C15H17F2N3OS2/c1-2-21-8-13-14(23-9-19-13)20-15(22)18-7-12(17)10-4-3-5-11(16)6-10/h3-6,8-9,12,14H,2,7H2,1H3,(H2,18,20,22)/b13-8+. The van der Waals surface area contributed by atoms with Crippen molar-refractivity contribution in [2.75, 3.05) is 13.2 Å². The Morgan fingerprint density at radius 2 is 2.39 bits per heavy atom. The molecular weight excluding hydrogens is 340 g/mol. The molecule has 1 aromatic carbocycles. The molecular formula is C15H17F2N3OS2. The molecule has 0 fully saturated rings. The lowest BCUT2D eigenvalue weighted by atomic mass is 10.1. The van der Waals surface area contributed by atoms with Gasteiger partial charge in [0.05, 0.1) is 18.7 Å². The Morgan fingerprint density at radius 3 is 3.13 bits per heavy atom. The number of hydrogen-bond acceptors (Lipinski definition) is 4. The molecule has 8 heteroatoms. The Labute approximate surface area is 143 Å². The molecule has 0 aliphatic carbocycles. The third kappa shape index (κ3) is 5.47. The zero-order chi connectivity index (χ0) is 16.7. The van der Waals surface area contributed by atoms with Gasteiger partial charge in [0.2, 0.25) is 0 Å². The first kappa shape index (κ1) is 17.7. The second-order valence-corrected chi connectivity index (χ2v) is 5.99. The van der Waals surface area contributed by atoms with E-state index in [1.807, 2.05) is 6.92 Å². The Bertz CT molecular complexity index is 610. The number of halogens is 2. The molecule has 4 nitrogen and oxygen atoms in total. The third-order valence-electron chi connectivity index (χ3n) is 2.95. The van der Waals surface area contributed by atoms with Gasteiger partial charge in [0, 0.05) is 0 Å². The van der Waals surface area contributed by atoms with Crippen molar-refractivity contribution in [2.24, 2.45) is 4.99 Å². The van der Waals surface area contributed by atoms with Crippen LogP contribution in [0.2, 0.25) is 0 Å². The number of thioether (sulfide) groups is 1. The van der Waals surface area contributed by atoms with Crippen LogP contribution in [0.1, 0.15) is 18.7 Å². The zero-order valence-electron chi connectivity index (χ0n) is 12.5. The van der Waals surface area contributed by atoms with Crippen LogP contribution in [0.25, 0.3) is 0 Å². The third-order valence-corrected chi connectivity index (χ3v) is 4.07. The molecule has 0 amide bonds. The molecule has 1 heterocycles. The average molecular weight is 357 g/mol. The lowest BCUT2D eigenvalue weighted by molar-refractivity contribution is 0.265. The molecule has 1 aliphatic rings. The van der Waals surface area contributed by atoms with Gasteiger partial charge in [-0.15, -0.1) is 0 Å². The molecule has 0 spiro atoms. The zero-order valence-corrected chi connectivity index (χ0v) is 14.1. The molecule has 1 aliphatic heterocycles. The fourth-order valence-corrected chi connectivity index (χ4v) is 2.85. The van der Waals surface area contributed by atoms with E-state index in [4.69, 9.17) is 17.0 Å². The van der Waals surface area contributed by atoms with Crippen LogP contribution in [-0.4, -0.2) is 29.2 Å². The van der Waals surface area contributed by atoms with E-state index in [-0.39, 0.29) is 17.5 Å². The molecule has 2 unspecified atom stereocenters. The highest BCUT2D eigenvalue weighted by Gasteiger charge is 2.20. The number of alkyl halides is 1. The Kier molecular flexibility index (Phi) is 6.79. The first-order valence-electron chi connectivity index (χ1n) is 7.03. The first-order chi connectivity index (χ1) is 11.1. The summed E-state index contributed by atoms with van der Waals surface area (Å²) in [5, 5.41) is 5.94. The van der Waals surface area contributed by atoms with E-state index in [9.17, 15) is 8.78 Å². The van der Waals surface area contributed by atoms with E-state index in [2.05, 4.69) is 15.6 Å². The van der Waals surface area contributed by atoms with Crippen molar-refractivity contribution >= 4 is 34.6 Å². The number of hydrogen-bond donors (Lipinski definition) is 2. The predicted molar refractivity (Wildman–Crippen MR) is 93.6 cm³/mol. The maximum absolute atomic E-state index is 14.1. The summed E-state index contributed by atoms with van der Waals surface area (Å²) in [5.74, 6) is -0.462. The number of ether oxygens (including phenoxy) is 1. The van der Waals surface area contributed by atoms with E-state index in [0.29, 0.717) is 17.4 Å². The Hall–Kier alpha value is -1.67. The molecule has 23 heavy (non-hydrogen) atoms. The number of thiocarbonyl (C=S) groups is 1. The maximum Gasteiger partial charge on any atom is 0.167 e. The normalized spacial score (nSPS) is 19.6. The molecule has 2 N–H and O–H groups in total. The summed E-state index contributed by atoms with van der Waals surface area (Å²) in [6.07, 6.45) is 0.220. The van der Waals surface area contributed by atoms with Gasteiger partial charge in [-0.1, -0.05) is 23.9 Å². The fraction of sp³-hybridized carbons (Fsp3) is 0.333. The molecule has 2 rings (SSSR count). The summed E-state index contributed by atoms with van der Waals surface area (Å²) >= 11 is 6.59. The van der Waals surface area contributed by atoms with Gasteiger partial charge in [0.25, 0.3) is 0 Å². The molecule has 0 bridgehead atoms. The van der Waals surface area contributed by atoms with Crippen LogP contribution in [0.5, 0.6) is 0 Å². The van der Waals surface area contributed by atoms with Crippen LogP contribution in [0.3, 0.4) is 0 Å². The van der Waals surface area contributed by atoms with Gasteiger partial charge < -0.3 is 15.4 Å². The molecule has 0 saturated carbocycles. The van der Waals surface area contributed by atoms with Crippen LogP contribution in [0.4, 0.5) is 8.78 Å². The average Bonchev–Trinajstić information content (AvgIpc) is 2.97. The lowest BCUT2D eigenvalue weighted by Crippen LogP contribution is -2.41. The van der Waals surface area contributed by atoms with Crippen molar-refractivity contribution in [2.45, 2.75) is 18.5 Å². The molecule has 0 radical (unpaired) electrons.